The molecule has 3 heteroatoms. The fraction of sp³-hybridized carbons (Fsp3) is 0.929. The summed E-state index contributed by atoms with van der Waals surface area (Å²) in [5, 5.41) is 12.8. The molecule has 0 radical (unpaired) electrons. The van der Waals surface area contributed by atoms with Crippen LogP contribution in [0.2, 0.25) is 0 Å². The Labute approximate surface area is 106 Å². The molecule has 1 fully saturated rings. The van der Waals surface area contributed by atoms with Crippen LogP contribution in [0.15, 0.2) is 0 Å². The van der Waals surface area contributed by atoms with E-state index < -0.39 is 0 Å². The van der Waals surface area contributed by atoms with Crippen LogP contribution in [0.1, 0.15) is 52.4 Å². The lowest BCUT2D eigenvalue weighted by Gasteiger charge is -2.27. The monoisotopic (exact) mass is 237 g/mol. The van der Waals surface area contributed by atoms with E-state index in [4.69, 9.17) is 0 Å². The summed E-state index contributed by atoms with van der Waals surface area (Å²) >= 11 is 0. The zero-order valence-electron chi connectivity index (χ0n) is 11.6. The van der Waals surface area contributed by atoms with Gasteiger partial charge in [-0.25, -0.2) is 0 Å². The topological polar surface area (TPSA) is 39.1 Å². The van der Waals surface area contributed by atoms with E-state index in [-0.39, 0.29) is 5.54 Å². The molecule has 0 heterocycles. The van der Waals surface area contributed by atoms with Gasteiger partial charge in [-0.1, -0.05) is 13.8 Å². The second-order valence-electron chi connectivity index (χ2n) is 5.29. The minimum atomic E-state index is -0.291. The minimum Gasteiger partial charge on any atom is -0.303 e. The van der Waals surface area contributed by atoms with Crippen LogP contribution in [0.25, 0.3) is 0 Å². The molecule has 0 bridgehead atoms. The lowest BCUT2D eigenvalue weighted by molar-refractivity contribution is 0.287. The first-order valence-corrected chi connectivity index (χ1v) is 7.04. The zero-order chi connectivity index (χ0) is 12.7. The number of hydrogen-bond acceptors (Lipinski definition) is 3. The molecular formula is C14H27N3. The Bertz CT molecular complexity index is 255. The van der Waals surface area contributed by atoms with Crippen molar-refractivity contribution in [3.8, 4) is 6.07 Å². The summed E-state index contributed by atoms with van der Waals surface area (Å²) in [7, 11) is 2.21. The SMILES string of the molecule is CCCNC(C#N)(CC)CCCN(C)C1CC1. The van der Waals surface area contributed by atoms with Gasteiger partial charge in [0.15, 0.2) is 0 Å². The van der Waals surface area contributed by atoms with Gasteiger partial charge in [0.2, 0.25) is 0 Å². The molecule has 0 spiro atoms. The molecule has 0 aromatic heterocycles. The quantitative estimate of drug-likeness (QED) is 0.670. The largest absolute Gasteiger partial charge is 0.303 e. The smallest absolute Gasteiger partial charge is 0.106 e. The van der Waals surface area contributed by atoms with Crippen LogP contribution in [0.5, 0.6) is 0 Å². The van der Waals surface area contributed by atoms with Gasteiger partial charge < -0.3 is 4.90 Å². The molecule has 3 nitrogen and oxygen atoms in total. The second-order valence-corrected chi connectivity index (χ2v) is 5.29. The molecule has 98 valence electrons. The Morgan fingerprint density at radius 3 is 2.59 bits per heavy atom. The van der Waals surface area contributed by atoms with Crippen LogP contribution in [0, 0.1) is 11.3 Å². The fourth-order valence-electron chi connectivity index (χ4n) is 2.26. The highest BCUT2D eigenvalue weighted by Crippen LogP contribution is 2.26. The average molecular weight is 237 g/mol. The highest BCUT2D eigenvalue weighted by Gasteiger charge is 2.29. The van der Waals surface area contributed by atoms with E-state index in [9.17, 15) is 5.26 Å². The first kappa shape index (κ1) is 14.5. The number of nitrogens with one attached hydrogen (secondary N) is 1. The maximum atomic E-state index is 9.36. The molecule has 1 atom stereocenters. The molecule has 0 aliphatic heterocycles. The van der Waals surface area contributed by atoms with Gasteiger partial charge >= 0.3 is 0 Å². The Morgan fingerprint density at radius 2 is 2.12 bits per heavy atom. The lowest BCUT2D eigenvalue weighted by Crippen LogP contribution is -2.44. The van der Waals surface area contributed by atoms with Crippen LogP contribution >= 0.6 is 0 Å². The van der Waals surface area contributed by atoms with Crippen molar-refractivity contribution in [2.75, 3.05) is 20.1 Å². The van der Waals surface area contributed by atoms with Gasteiger partial charge in [-0.05, 0) is 58.7 Å². The standard InChI is InChI=1S/C14H27N3/c1-4-10-16-14(5-2,12-15)9-6-11-17(3)13-7-8-13/h13,16H,4-11H2,1-3H3. The van der Waals surface area contributed by atoms with Gasteiger partial charge in [-0.3, -0.25) is 5.32 Å². The predicted octanol–water partition coefficient (Wildman–Crippen LogP) is 2.53. The van der Waals surface area contributed by atoms with E-state index in [0.717, 1.165) is 44.8 Å². The van der Waals surface area contributed by atoms with Crippen molar-refractivity contribution in [1.82, 2.24) is 10.2 Å². The summed E-state index contributed by atoms with van der Waals surface area (Å²) in [5.74, 6) is 0. The van der Waals surface area contributed by atoms with Crippen molar-refractivity contribution >= 4 is 0 Å². The maximum Gasteiger partial charge on any atom is 0.106 e. The average Bonchev–Trinajstić information content (AvgIpc) is 3.18. The van der Waals surface area contributed by atoms with Crippen LogP contribution in [-0.4, -0.2) is 36.6 Å². The van der Waals surface area contributed by atoms with Gasteiger partial charge in [-0.2, -0.15) is 5.26 Å². The molecule has 0 aromatic carbocycles. The Balaban J connectivity index is 2.29. The van der Waals surface area contributed by atoms with Crippen LogP contribution < -0.4 is 5.32 Å². The number of rotatable bonds is 9. The summed E-state index contributed by atoms with van der Waals surface area (Å²) in [4.78, 5) is 2.44. The normalized spacial score (nSPS) is 19.0. The first-order chi connectivity index (χ1) is 8.17. The molecular weight excluding hydrogens is 210 g/mol. The van der Waals surface area contributed by atoms with Gasteiger partial charge in [0.25, 0.3) is 0 Å². The van der Waals surface area contributed by atoms with Crippen molar-refractivity contribution in [3.05, 3.63) is 0 Å². The summed E-state index contributed by atoms with van der Waals surface area (Å²) in [6.45, 7) is 6.32. The Morgan fingerprint density at radius 1 is 1.41 bits per heavy atom. The Kier molecular flexibility index (Phi) is 5.94. The van der Waals surface area contributed by atoms with Crippen LogP contribution in [-0.2, 0) is 0 Å². The molecule has 17 heavy (non-hydrogen) atoms. The molecule has 1 saturated carbocycles. The highest BCUT2D eigenvalue weighted by atomic mass is 15.1. The Hall–Kier alpha value is -0.590. The third-order valence-electron chi connectivity index (χ3n) is 3.82. The second kappa shape index (κ2) is 6.98. The van der Waals surface area contributed by atoms with Crippen molar-refractivity contribution in [1.29, 1.82) is 5.26 Å². The highest BCUT2D eigenvalue weighted by molar-refractivity contribution is 5.06. The molecule has 1 rings (SSSR count). The van der Waals surface area contributed by atoms with Gasteiger partial charge in [0.05, 0.1) is 6.07 Å². The maximum absolute atomic E-state index is 9.36. The first-order valence-electron chi connectivity index (χ1n) is 7.04. The number of nitriles is 1. The van der Waals surface area contributed by atoms with Gasteiger partial charge in [-0.15, -0.1) is 0 Å². The third-order valence-corrected chi connectivity index (χ3v) is 3.82. The van der Waals surface area contributed by atoms with Gasteiger partial charge in [0, 0.05) is 6.04 Å². The number of hydrogen-bond donors (Lipinski definition) is 1. The summed E-state index contributed by atoms with van der Waals surface area (Å²) in [6.07, 6.45) is 6.80. The van der Waals surface area contributed by atoms with Crippen molar-refractivity contribution < 1.29 is 0 Å². The van der Waals surface area contributed by atoms with E-state index in [0.29, 0.717) is 0 Å². The van der Waals surface area contributed by atoms with E-state index in [1.165, 1.54) is 12.8 Å². The minimum absolute atomic E-state index is 0.291. The van der Waals surface area contributed by atoms with Crippen molar-refractivity contribution in [2.45, 2.75) is 64.0 Å². The lowest BCUT2D eigenvalue weighted by atomic mass is 9.91. The molecule has 1 unspecified atom stereocenters. The third kappa shape index (κ3) is 4.65. The van der Waals surface area contributed by atoms with E-state index in [1.807, 2.05) is 0 Å². The number of nitrogens with zero attached hydrogens (tertiary/aromatic N) is 2. The fourth-order valence-corrected chi connectivity index (χ4v) is 2.26. The summed E-state index contributed by atoms with van der Waals surface area (Å²) in [5.41, 5.74) is -0.291. The molecule has 0 aromatic rings. The molecule has 1 aliphatic carbocycles. The molecule has 0 amide bonds. The predicted molar refractivity (Wildman–Crippen MR) is 71.8 cm³/mol. The molecule has 1 aliphatic rings. The van der Waals surface area contributed by atoms with Crippen molar-refractivity contribution in [2.24, 2.45) is 0 Å². The molecule has 1 N–H and O–H groups in total. The van der Waals surface area contributed by atoms with Gasteiger partial charge in [0.1, 0.15) is 5.54 Å². The van der Waals surface area contributed by atoms with Crippen LogP contribution in [0.3, 0.4) is 0 Å². The molecule has 0 saturated heterocycles. The van der Waals surface area contributed by atoms with E-state index in [1.54, 1.807) is 0 Å². The summed E-state index contributed by atoms with van der Waals surface area (Å²) < 4.78 is 0. The van der Waals surface area contributed by atoms with Crippen LogP contribution in [0.4, 0.5) is 0 Å². The zero-order valence-corrected chi connectivity index (χ0v) is 11.6. The van der Waals surface area contributed by atoms with E-state index >= 15 is 0 Å². The van der Waals surface area contributed by atoms with E-state index in [2.05, 4.69) is 37.2 Å². The van der Waals surface area contributed by atoms with Crippen molar-refractivity contribution in [3.63, 3.8) is 0 Å². The summed E-state index contributed by atoms with van der Waals surface area (Å²) in [6, 6.07) is 3.32.